The fourth-order valence-corrected chi connectivity index (χ4v) is 1.32. The number of benzene rings is 1. The number of hydrogen-bond donors (Lipinski definition) is 1. The fraction of sp³-hybridized carbons (Fsp3) is 0.308. The number of aliphatic hydroxyl groups excluding tert-OH is 1. The summed E-state index contributed by atoms with van der Waals surface area (Å²) >= 11 is 0. The number of ketones is 1. The molecule has 0 unspecified atom stereocenters. The lowest BCUT2D eigenvalue weighted by Gasteiger charge is -1.98. The SMILES string of the molecule is CC(=O)c1cc(C#CCOCCO)cc([N+](=O)[O-])c1. The minimum absolute atomic E-state index is 0.0903. The Morgan fingerprint density at radius 2 is 2.21 bits per heavy atom. The van der Waals surface area contributed by atoms with E-state index in [1.54, 1.807) is 0 Å². The van der Waals surface area contributed by atoms with Crippen molar-refractivity contribution in [3.63, 3.8) is 0 Å². The van der Waals surface area contributed by atoms with Crippen molar-refractivity contribution < 1.29 is 19.6 Å². The van der Waals surface area contributed by atoms with Gasteiger partial charge in [-0.3, -0.25) is 14.9 Å². The largest absolute Gasteiger partial charge is 0.394 e. The number of aliphatic hydroxyl groups is 1. The molecule has 1 N–H and O–H groups in total. The van der Waals surface area contributed by atoms with Crippen LogP contribution in [0.25, 0.3) is 0 Å². The van der Waals surface area contributed by atoms with Crippen molar-refractivity contribution >= 4 is 11.5 Å². The highest BCUT2D eigenvalue weighted by atomic mass is 16.6. The van der Waals surface area contributed by atoms with Crippen molar-refractivity contribution in [1.29, 1.82) is 0 Å². The molecule has 1 aromatic rings. The standard InChI is InChI=1S/C13H13NO5/c1-10(16)12-7-11(3-2-5-19-6-4-15)8-13(9-12)14(17)18/h7-9,15H,4-6H2,1H3. The Hall–Kier alpha value is -2.23. The molecular weight excluding hydrogens is 250 g/mol. The summed E-state index contributed by atoms with van der Waals surface area (Å²) in [6, 6.07) is 4.01. The first-order valence-electron chi connectivity index (χ1n) is 5.52. The molecule has 0 saturated heterocycles. The molecular formula is C13H13NO5. The molecule has 0 aliphatic rings. The van der Waals surface area contributed by atoms with Gasteiger partial charge in [0.15, 0.2) is 5.78 Å². The van der Waals surface area contributed by atoms with E-state index in [0.29, 0.717) is 5.56 Å². The fourth-order valence-electron chi connectivity index (χ4n) is 1.32. The molecule has 0 amide bonds. The van der Waals surface area contributed by atoms with Crippen LogP contribution in [0.3, 0.4) is 0 Å². The Balaban J connectivity index is 2.93. The van der Waals surface area contributed by atoms with Crippen LogP contribution in [0.4, 0.5) is 5.69 Å². The van der Waals surface area contributed by atoms with Gasteiger partial charge in [-0.05, 0) is 13.0 Å². The van der Waals surface area contributed by atoms with Crippen LogP contribution in [-0.2, 0) is 4.74 Å². The van der Waals surface area contributed by atoms with E-state index >= 15 is 0 Å². The van der Waals surface area contributed by atoms with Crippen LogP contribution >= 0.6 is 0 Å². The van der Waals surface area contributed by atoms with Crippen LogP contribution in [0.2, 0.25) is 0 Å². The summed E-state index contributed by atoms with van der Waals surface area (Å²) in [6.07, 6.45) is 0. The molecule has 100 valence electrons. The van der Waals surface area contributed by atoms with Gasteiger partial charge in [0.1, 0.15) is 6.61 Å². The van der Waals surface area contributed by atoms with Crippen molar-refractivity contribution in [2.24, 2.45) is 0 Å². The lowest BCUT2D eigenvalue weighted by atomic mass is 10.1. The van der Waals surface area contributed by atoms with Gasteiger partial charge in [0.05, 0.1) is 18.1 Å². The van der Waals surface area contributed by atoms with Crippen LogP contribution in [0.1, 0.15) is 22.8 Å². The first kappa shape index (κ1) is 14.8. The van der Waals surface area contributed by atoms with Gasteiger partial charge in [0.25, 0.3) is 5.69 Å². The van der Waals surface area contributed by atoms with Crippen molar-refractivity contribution in [1.82, 2.24) is 0 Å². The molecule has 0 aromatic heterocycles. The zero-order chi connectivity index (χ0) is 14.3. The van der Waals surface area contributed by atoms with E-state index in [4.69, 9.17) is 9.84 Å². The zero-order valence-electron chi connectivity index (χ0n) is 10.4. The smallest absolute Gasteiger partial charge is 0.271 e. The number of non-ortho nitro benzene ring substituents is 1. The molecule has 6 heteroatoms. The molecule has 0 spiro atoms. The average Bonchev–Trinajstić information content (AvgIpc) is 2.38. The maximum absolute atomic E-state index is 11.3. The summed E-state index contributed by atoms with van der Waals surface area (Å²) in [4.78, 5) is 21.4. The second kappa shape index (κ2) is 7.26. The summed E-state index contributed by atoms with van der Waals surface area (Å²) in [5.41, 5.74) is 0.454. The van der Waals surface area contributed by atoms with E-state index in [9.17, 15) is 14.9 Å². The van der Waals surface area contributed by atoms with Gasteiger partial charge < -0.3 is 9.84 Å². The number of rotatable bonds is 5. The summed E-state index contributed by atoms with van der Waals surface area (Å²) in [5, 5.41) is 19.2. The molecule has 19 heavy (non-hydrogen) atoms. The minimum Gasteiger partial charge on any atom is -0.394 e. The predicted molar refractivity (Wildman–Crippen MR) is 67.9 cm³/mol. The Kier molecular flexibility index (Phi) is 5.67. The van der Waals surface area contributed by atoms with Crippen molar-refractivity contribution in [2.45, 2.75) is 6.92 Å². The topological polar surface area (TPSA) is 89.7 Å². The number of nitro groups is 1. The molecule has 0 aliphatic carbocycles. The lowest BCUT2D eigenvalue weighted by Crippen LogP contribution is -1.99. The van der Waals surface area contributed by atoms with Gasteiger partial charge in [-0.2, -0.15) is 0 Å². The monoisotopic (exact) mass is 263 g/mol. The molecule has 0 saturated carbocycles. The van der Waals surface area contributed by atoms with Crippen molar-refractivity contribution in [2.75, 3.05) is 19.8 Å². The molecule has 0 atom stereocenters. The summed E-state index contributed by atoms with van der Waals surface area (Å²) in [7, 11) is 0. The van der Waals surface area contributed by atoms with Gasteiger partial charge in [0.2, 0.25) is 0 Å². The summed E-state index contributed by atoms with van der Waals surface area (Å²) in [5.74, 6) is 5.07. The van der Waals surface area contributed by atoms with E-state index in [1.165, 1.54) is 25.1 Å². The maximum Gasteiger partial charge on any atom is 0.271 e. The maximum atomic E-state index is 11.3. The molecule has 6 nitrogen and oxygen atoms in total. The Labute approximate surface area is 110 Å². The number of ether oxygens (including phenoxy) is 1. The minimum atomic E-state index is -0.570. The Morgan fingerprint density at radius 3 is 2.79 bits per heavy atom. The van der Waals surface area contributed by atoms with E-state index in [0.717, 1.165) is 0 Å². The summed E-state index contributed by atoms with van der Waals surface area (Å²) in [6.45, 7) is 1.54. The van der Waals surface area contributed by atoms with Crippen LogP contribution in [0.15, 0.2) is 18.2 Å². The third-order valence-corrected chi connectivity index (χ3v) is 2.18. The molecule has 0 heterocycles. The molecule has 0 fully saturated rings. The van der Waals surface area contributed by atoms with Crippen LogP contribution < -0.4 is 0 Å². The van der Waals surface area contributed by atoms with E-state index in [2.05, 4.69) is 11.8 Å². The number of nitrogens with zero attached hydrogens (tertiary/aromatic N) is 1. The predicted octanol–water partition coefficient (Wildman–Crippen LogP) is 1.16. The normalized spacial score (nSPS) is 9.58. The van der Waals surface area contributed by atoms with Crippen molar-refractivity contribution in [3.05, 3.63) is 39.4 Å². The van der Waals surface area contributed by atoms with Gasteiger partial charge in [-0.1, -0.05) is 11.8 Å². The molecule has 0 aliphatic heterocycles. The third-order valence-electron chi connectivity index (χ3n) is 2.18. The summed E-state index contributed by atoms with van der Waals surface area (Å²) < 4.78 is 4.94. The van der Waals surface area contributed by atoms with Crippen LogP contribution in [0.5, 0.6) is 0 Å². The Bertz CT molecular complexity index is 509. The van der Waals surface area contributed by atoms with Gasteiger partial charge in [0, 0.05) is 23.3 Å². The molecule has 1 aromatic carbocycles. The van der Waals surface area contributed by atoms with E-state index in [-0.39, 0.29) is 36.9 Å². The molecule has 0 bridgehead atoms. The highest BCUT2D eigenvalue weighted by Crippen LogP contribution is 2.17. The van der Waals surface area contributed by atoms with Crippen LogP contribution in [0, 0.1) is 22.0 Å². The van der Waals surface area contributed by atoms with Gasteiger partial charge in [-0.15, -0.1) is 0 Å². The van der Waals surface area contributed by atoms with E-state index < -0.39 is 4.92 Å². The lowest BCUT2D eigenvalue weighted by molar-refractivity contribution is -0.384. The average molecular weight is 263 g/mol. The van der Waals surface area contributed by atoms with Gasteiger partial charge >= 0.3 is 0 Å². The van der Waals surface area contributed by atoms with Crippen molar-refractivity contribution in [3.8, 4) is 11.8 Å². The van der Waals surface area contributed by atoms with Crippen LogP contribution in [-0.4, -0.2) is 35.6 Å². The number of Topliss-reactive ketones (excluding diaryl/α,β-unsaturated/α-hetero) is 1. The quantitative estimate of drug-likeness (QED) is 0.283. The zero-order valence-corrected chi connectivity index (χ0v) is 10.4. The molecule has 0 radical (unpaired) electrons. The second-order valence-electron chi connectivity index (χ2n) is 3.66. The van der Waals surface area contributed by atoms with Gasteiger partial charge in [-0.25, -0.2) is 0 Å². The Morgan fingerprint density at radius 1 is 1.47 bits per heavy atom. The highest BCUT2D eigenvalue weighted by Gasteiger charge is 2.11. The first-order chi connectivity index (χ1) is 9.04. The second-order valence-corrected chi connectivity index (χ2v) is 3.66. The molecule has 1 rings (SSSR count). The number of carbonyl (C=O) groups excluding carboxylic acids is 1. The third kappa shape index (κ3) is 4.87. The van der Waals surface area contributed by atoms with E-state index in [1.807, 2.05) is 0 Å². The number of nitro benzene ring substituents is 1. The first-order valence-corrected chi connectivity index (χ1v) is 5.52. The number of hydrogen-bond acceptors (Lipinski definition) is 5. The number of carbonyl (C=O) groups is 1. The highest BCUT2D eigenvalue weighted by molar-refractivity contribution is 5.95.